The van der Waals surface area contributed by atoms with E-state index < -0.39 is 0 Å². The lowest BCUT2D eigenvalue weighted by molar-refractivity contribution is 0.310. The maximum atomic E-state index is 6.05. The van der Waals surface area contributed by atoms with Crippen LogP contribution in [0.15, 0.2) is 103 Å². The number of benzene rings is 3. The van der Waals surface area contributed by atoms with E-state index in [1.807, 2.05) is 0 Å². The van der Waals surface area contributed by atoms with Gasteiger partial charge in [0.2, 0.25) is 0 Å². The van der Waals surface area contributed by atoms with Gasteiger partial charge in [-0.05, 0) is 110 Å². The van der Waals surface area contributed by atoms with Crippen LogP contribution in [0.1, 0.15) is 59.1 Å². The molecule has 0 saturated heterocycles. The molecule has 40 heavy (non-hydrogen) atoms. The lowest BCUT2D eigenvalue weighted by Gasteiger charge is -2.13. The van der Waals surface area contributed by atoms with E-state index in [2.05, 4.69) is 111 Å². The fourth-order valence-electron chi connectivity index (χ4n) is 4.63. The second-order valence-corrected chi connectivity index (χ2v) is 10.4. The van der Waals surface area contributed by atoms with Crippen LogP contribution < -0.4 is 16.2 Å². The quantitative estimate of drug-likeness (QED) is 0.136. The molecule has 3 nitrogen and oxygen atoms in total. The van der Waals surface area contributed by atoms with Crippen LogP contribution in [0.3, 0.4) is 0 Å². The zero-order valence-electron chi connectivity index (χ0n) is 24.2. The number of unbranched alkanes of at least 4 members (excludes halogenated alkanes) is 1. The van der Waals surface area contributed by atoms with Crippen LogP contribution in [0.25, 0.3) is 12.2 Å². The Morgan fingerprint density at radius 2 is 1.40 bits per heavy atom. The van der Waals surface area contributed by atoms with Crippen molar-refractivity contribution in [3.05, 3.63) is 137 Å². The molecule has 0 heterocycles. The Labute approximate surface area is 242 Å². The molecule has 0 saturated carbocycles. The third-order valence-electron chi connectivity index (χ3n) is 6.96. The molecule has 210 valence electrons. The Morgan fingerprint density at radius 1 is 0.725 bits per heavy atom. The predicted octanol–water partition coefficient (Wildman–Crippen LogP) is 8.02. The number of allylic oxidation sites excluding steroid dienone is 4. The van der Waals surface area contributed by atoms with E-state index in [4.69, 9.17) is 16.2 Å². The smallest absolute Gasteiger partial charge is 0.122 e. The van der Waals surface area contributed by atoms with Crippen LogP contribution in [-0.2, 0) is 19.3 Å². The number of ether oxygens (including phenoxy) is 1. The molecule has 3 aromatic rings. The summed E-state index contributed by atoms with van der Waals surface area (Å²) in [6, 6.07) is 23.6. The first-order chi connectivity index (χ1) is 19.5. The number of hydrogen-bond donors (Lipinski definition) is 2. The summed E-state index contributed by atoms with van der Waals surface area (Å²) in [4.78, 5) is 0. The first kappa shape index (κ1) is 30.9. The molecule has 4 N–H and O–H groups in total. The van der Waals surface area contributed by atoms with Gasteiger partial charge >= 0.3 is 0 Å². The Balaban J connectivity index is 1.58. The summed E-state index contributed by atoms with van der Waals surface area (Å²) < 4.78 is 6.05. The molecule has 0 aliphatic carbocycles. The van der Waals surface area contributed by atoms with Crippen molar-refractivity contribution < 1.29 is 4.74 Å². The topological polar surface area (TPSA) is 61.3 Å². The normalized spacial score (nSPS) is 11.4. The molecule has 3 aromatic carbocycles. The highest BCUT2D eigenvalue weighted by Gasteiger charge is 2.06. The molecule has 0 aliphatic rings. The lowest BCUT2D eigenvalue weighted by atomic mass is 9.99. The van der Waals surface area contributed by atoms with Crippen LogP contribution >= 0.6 is 0 Å². The van der Waals surface area contributed by atoms with Gasteiger partial charge in [0.1, 0.15) is 5.75 Å². The molecule has 0 atom stereocenters. The van der Waals surface area contributed by atoms with E-state index in [9.17, 15) is 0 Å². The van der Waals surface area contributed by atoms with E-state index in [-0.39, 0.29) is 0 Å². The van der Waals surface area contributed by atoms with Gasteiger partial charge in [-0.15, -0.1) is 0 Å². The SMILES string of the molecule is C=C(/C=C/c1ccc(CCCCN)c(C)c1)CC(=C)/C=C/c1ccc(OCCCN)c(CCc2ccccc2)c1. The van der Waals surface area contributed by atoms with Crippen molar-refractivity contribution in [1.29, 1.82) is 0 Å². The van der Waals surface area contributed by atoms with Gasteiger partial charge in [-0.25, -0.2) is 0 Å². The molecular formula is C37H46N2O. The summed E-state index contributed by atoms with van der Waals surface area (Å²) in [6.45, 7) is 12.7. The summed E-state index contributed by atoms with van der Waals surface area (Å²) >= 11 is 0. The van der Waals surface area contributed by atoms with Crippen molar-refractivity contribution in [2.45, 2.75) is 51.9 Å². The number of aryl methyl sites for hydroxylation is 4. The summed E-state index contributed by atoms with van der Waals surface area (Å²) in [5, 5.41) is 0. The summed E-state index contributed by atoms with van der Waals surface area (Å²) in [6.07, 6.45) is 15.2. The second kappa shape index (κ2) is 17.1. The molecule has 0 aromatic heterocycles. The molecule has 0 fully saturated rings. The minimum Gasteiger partial charge on any atom is -0.493 e. The van der Waals surface area contributed by atoms with E-state index >= 15 is 0 Å². The third-order valence-corrected chi connectivity index (χ3v) is 6.96. The van der Waals surface area contributed by atoms with Crippen LogP contribution in [0, 0.1) is 6.92 Å². The molecule has 0 bridgehead atoms. The monoisotopic (exact) mass is 534 g/mol. The second-order valence-electron chi connectivity index (χ2n) is 10.4. The number of rotatable bonds is 17. The highest BCUT2D eigenvalue weighted by molar-refractivity contribution is 5.58. The highest BCUT2D eigenvalue weighted by Crippen LogP contribution is 2.24. The number of nitrogens with two attached hydrogens (primary N) is 2. The molecule has 0 radical (unpaired) electrons. The standard InChI is InChI=1S/C37H46N2O/c1-29(13-15-33-18-20-35(31(3)27-33)12-7-8-23-38)26-30(2)14-16-34-19-22-37(40-25-9-24-39)36(28-34)21-17-32-10-5-4-6-11-32/h4-6,10-11,13-16,18-20,22,27-28H,1-2,7-9,12,17,21,23-26,38-39H2,3H3/b15-13+,16-14+. The molecular weight excluding hydrogens is 488 g/mol. The summed E-state index contributed by atoms with van der Waals surface area (Å²) in [7, 11) is 0. The molecule has 0 aliphatic heterocycles. The maximum absolute atomic E-state index is 6.05. The van der Waals surface area contributed by atoms with E-state index in [1.165, 1.54) is 27.8 Å². The van der Waals surface area contributed by atoms with Gasteiger partial charge in [-0.1, -0.05) is 103 Å². The van der Waals surface area contributed by atoms with Crippen LogP contribution in [0.2, 0.25) is 0 Å². The van der Waals surface area contributed by atoms with E-state index in [1.54, 1.807) is 0 Å². The van der Waals surface area contributed by atoms with E-state index in [0.717, 1.165) is 73.9 Å². The number of hydrogen-bond acceptors (Lipinski definition) is 3. The molecule has 3 heteroatoms. The van der Waals surface area contributed by atoms with Crippen molar-refractivity contribution in [3.63, 3.8) is 0 Å². The minimum atomic E-state index is 0.629. The Kier molecular flexibility index (Phi) is 13.2. The molecule has 0 amide bonds. The predicted molar refractivity (Wildman–Crippen MR) is 174 cm³/mol. The summed E-state index contributed by atoms with van der Waals surface area (Å²) in [5.41, 5.74) is 20.9. The van der Waals surface area contributed by atoms with Gasteiger partial charge in [-0.3, -0.25) is 0 Å². The zero-order chi connectivity index (χ0) is 28.6. The molecule has 0 spiro atoms. The maximum Gasteiger partial charge on any atom is 0.122 e. The van der Waals surface area contributed by atoms with Crippen molar-refractivity contribution in [1.82, 2.24) is 0 Å². The van der Waals surface area contributed by atoms with Gasteiger partial charge < -0.3 is 16.2 Å². The van der Waals surface area contributed by atoms with E-state index in [0.29, 0.717) is 13.2 Å². The average Bonchev–Trinajstić information content (AvgIpc) is 2.96. The lowest BCUT2D eigenvalue weighted by Crippen LogP contribution is -2.07. The Bertz CT molecular complexity index is 1290. The largest absolute Gasteiger partial charge is 0.493 e. The fraction of sp³-hybridized carbons (Fsp3) is 0.297. The Morgan fingerprint density at radius 3 is 2.08 bits per heavy atom. The molecule has 3 rings (SSSR count). The van der Waals surface area contributed by atoms with Crippen molar-refractivity contribution in [3.8, 4) is 5.75 Å². The van der Waals surface area contributed by atoms with Gasteiger partial charge in [0, 0.05) is 0 Å². The van der Waals surface area contributed by atoms with Gasteiger partial charge in [0.15, 0.2) is 0 Å². The first-order valence-corrected chi connectivity index (χ1v) is 14.5. The van der Waals surface area contributed by atoms with Crippen molar-refractivity contribution in [2.75, 3.05) is 19.7 Å². The van der Waals surface area contributed by atoms with Crippen molar-refractivity contribution >= 4 is 12.2 Å². The fourth-order valence-corrected chi connectivity index (χ4v) is 4.63. The van der Waals surface area contributed by atoms with Gasteiger partial charge in [-0.2, -0.15) is 0 Å². The highest BCUT2D eigenvalue weighted by atomic mass is 16.5. The average molecular weight is 535 g/mol. The zero-order valence-corrected chi connectivity index (χ0v) is 24.2. The van der Waals surface area contributed by atoms with Crippen molar-refractivity contribution in [2.24, 2.45) is 11.5 Å². The Hall–Kier alpha value is -3.66. The third kappa shape index (κ3) is 10.8. The first-order valence-electron chi connectivity index (χ1n) is 14.5. The summed E-state index contributed by atoms with van der Waals surface area (Å²) in [5.74, 6) is 0.942. The van der Waals surface area contributed by atoms with Crippen LogP contribution in [-0.4, -0.2) is 19.7 Å². The van der Waals surface area contributed by atoms with Gasteiger partial charge in [0.25, 0.3) is 0 Å². The minimum absolute atomic E-state index is 0.629. The molecule has 0 unspecified atom stereocenters. The van der Waals surface area contributed by atoms with Crippen LogP contribution in [0.5, 0.6) is 5.75 Å². The van der Waals surface area contributed by atoms with Crippen LogP contribution in [0.4, 0.5) is 0 Å². The van der Waals surface area contributed by atoms with Gasteiger partial charge in [0.05, 0.1) is 6.61 Å².